The van der Waals surface area contributed by atoms with Crippen molar-refractivity contribution in [1.82, 2.24) is 15.2 Å². The molecule has 6 heteroatoms. The molecule has 28 heavy (non-hydrogen) atoms. The maximum atomic E-state index is 12.3. The third-order valence-corrected chi connectivity index (χ3v) is 4.37. The van der Waals surface area contributed by atoms with Crippen LogP contribution in [0.15, 0.2) is 60.8 Å². The quantitative estimate of drug-likeness (QED) is 0.544. The molecule has 0 aliphatic carbocycles. The molecule has 0 unspecified atom stereocenters. The van der Waals surface area contributed by atoms with Gasteiger partial charge in [-0.1, -0.05) is 18.2 Å². The molecule has 0 atom stereocenters. The molecule has 6 nitrogen and oxygen atoms in total. The van der Waals surface area contributed by atoms with E-state index in [0.29, 0.717) is 17.8 Å². The number of anilines is 1. The van der Waals surface area contributed by atoms with Crippen LogP contribution in [-0.2, 0) is 6.54 Å². The SMILES string of the molecule is CC(C)NC(=O)Nc1ccc(C(=O)NCCCn2ccc3ccccc32)cc1. The second-order valence-electron chi connectivity index (χ2n) is 7.01. The number of hydrogen-bond donors (Lipinski definition) is 3. The lowest BCUT2D eigenvalue weighted by Gasteiger charge is -2.11. The van der Waals surface area contributed by atoms with Gasteiger partial charge in [0.25, 0.3) is 5.91 Å². The van der Waals surface area contributed by atoms with E-state index in [2.05, 4.69) is 44.9 Å². The highest BCUT2D eigenvalue weighted by Gasteiger charge is 2.07. The van der Waals surface area contributed by atoms with E-state index in [0.717, 1.165) is 13.0 Å². The number of carbonyl (C=O) groups excluding carboxylic acids is 2. The third kappa shape index (κ3) is 5.13. The molecule has 3 rings (SSSR count). The molecular weight excluding hydrogens is 352 g/mol. The highest BCUT2D eigenvalue weighted by Crippen LogP contribution is 2.15. The Hall–Kier alpha value is -3.28. The average molecular weight is 378 g/mol. The molecule has 0 bridgehead atoms. The van der Waals surface area contributed by atoms with E-state index in [4.69, 9.17) is 0 Å². The van der Waals surface area contributed by atoms with Crippen molar-refractivity contribution in [2.75, 3.05) is 11.9 Å². The number of aromatic nitrogens is 1. The summed E-state index contributed by atoms with van der Waals surface area (Å²) >= 11 is 0. The summed E-state index contributed by atoms with van der Waals surface area (Å²) in [4.78, 5) is 24.0. The van der Waals surface area contributed by atoms with Crippen molar-refractivity contribution in [2.45, 2.75) is 32.9 Å². The molecule has 0 aliphatic rings. The van der Waals surface area contributed by atoms with E-state index in [9.17, 15) is 9.59 Å². The summed E-state index contributed by atoms with van der Waals surface area (Å²) in [6.07, 6.45) is 2.92. The first kappa shape index (κ1) is 19.5. The predicted molar refractivity (Wildman–Crippen MR) is 113 cm³/mol. The Labute approximate surface area is 164 Å². The number of fused-ring (bicyclic) bond motifs is 1. The number of hydrogen-bond acceptors (Lipinski definition) is 2. The zero-order valence-corrected chi connectivity index (χ0v) is 16.2. The number of rotatable bonds is 7. The lowest BCUT2D eigenvalue weighted by Crippen LogP contribution is -2.34. The number of nitrogens with one attached hydrogen (secondary N) is 3. The van der Waals surface area contributed by atoms with Crippen molar-refractivity contribution < 1.29 is 9.59 Å². The minimum atomic E-state index is -0.260. The van der Waals surface area contributed by atoms with E-state index >= 15 is 0 Å². The van der Waals surface area contributed by atoms with Gasteiger partial charge in [0.1, 0.15) is 0 Å². The van der Waals surface area contributed by atoms with E-state index in [1.165, 1.54) is 10.9 Å². The summed E-state index contributed by atoms with van der Waals surface area (Å²) in [5.74, 6) is -0.115. The molecule has 0 aliphatic heterocycles. The Balaban J connectivity index is 1.45. The zero-order valence-electron chi connectivity index (χ0n) is 16.2. The first-order valence-corrected chi connectivity index (χ1v) is 9.52. The number of urea groups is 1. The van der Waals surface area contributed by atoms with Crippen LogP contribution in [0.25, 0.3) is 10.9 Å². The first-order valence-electron chi connectivity index (χ1n) is 9.52. The van der Waals surface area contributed by atoms with Gasteiger partial charge in [-0.15, -0.1) is 0 Å². The highest BCUT2D eigenvalue weighted by molar-refractivity contribution is 5.95. The van der Waals surface area contributed by atoms with E-state index in [1.807, 2.05) is 26.0 Å². The normalized spacial score (nSPS) is 10.8. The maximum absolute atomic E-state index is 12.3. The molecule has 0 spiro atoms. The van der Waals surface area contributed by atoms with Gasteiger partial charge in [0.15, 0.2) is 0 Å². The number of nitrogens with zero attached hydrogens (tertiary/aromatic N) is 1. The van der Waals surface area contributed by atoms with Crippen LogP contribution in [0.3, 0.4) is 0 Å². The van der Waals surface area contributed by atoms with Crippen molar-refractivity contribution in [3.8, 4) is 0 Å². The summed E-state index contributed by atoms with van der Waals surface area (Å²) in [6, 6.07) is 17.0. The van der Waals surface area contributed by atoms with Gasteiger partial charge < -0.3 is 20.5 Å². The fourth-order valence-electron chi connectivity index (χ4n) is 3.02. The minimum absolute atomic E-state index is 0.0644. The van der Waals surface area contributed by atoms with Crippen molar-refractivity contribution in [3.63, 3.8) is 0 Å². The average Bonchev–Trinajstić information content (AvgIpc) is 3.08. The maximum Gasteiger partial charge on any atom is 0.319 e. The van der Waals surface area contributed by atoms with Crippen LogP contribution in [0.5, 0.6) is 0 Å². The van der Waals surface area contributed by atoms with Crippen molar-refractivity contribution in [1.29, 1.82) is 0 Å². The Kier molecular flexibility index (Phi) is 6.32. The Morgan fingerprint density at radius 2 is 1.75 bits per heavy atom. The van der Waals surface area contributed by atoms with Gasteiger partial charge in [0.2, 0.25) is 0 Å². The number of amides is 3. The molecule has 2 aromatic carbocycles. The van der Waals surface area contributed by atoms with Gasteiger partial charge in [-0.2, -0.15) is 0 Å². The largest absolute Gasteiger partial charge is 0.352 e. The van der Waals surface area contributed by atoms with Crippen LogP contribution in [0, 0.1) is 0 Å². The lowest BCUT2D eigenvalue weighted by atomic mass is 10.2. The topological polar surface area (TPSA) is 75.2 Å². The second-order valence-corrected chi connectivity index (χ2v) is 7.01. The molecular formula is C22H26N4O2. The molecule has 0 saturated heterocycles. The van der Waals surface area contributed by atoms with Crippen LogP contribution in [0.2, 0.25) is 0 Å². The van der Waals surface area contributed by atoms with Crippen LogP contribution in [0.1, 0.15) is 30.6 Å². The zero-order chi connectivity index (χ0) is 19.9. The van der Waals surface area contributed by atoms with Crippen LogP contribution in [-0.4, -0.2) is 29.1 Å². The summed E-state index contributed by atoms with van der Waals surface area (Å²) in [5, 5.41) is 9.66. The molecule has 146 valence electrons. The van der Waals surface area contributed by atoms with Gasteiger partial charge >= 0.3 is 6.03 Å². The van der Waals surface area contributed by atoms with Gasteiger partial charge in [0.05, 0.1) is 0 Å². The van der Waals surface area contributed by atoms with Crippen LogP contribution in [0.4, 0.5) is 10.5 Å². The molecule has 1 heterocycles. The molecule has 3 N–H and O–H groups in total. The molecule has 1 aromatic heterocycles. The number of benzene rings is 2. The van der Waals surface area contributed by atoms with Crippen LogP contribution < -0.4 is 16.0 Å². The van der Waals surface area contributed by atoms with E-state index < -0.39 is 0 Å². The number of para-hydroxylation sites is 1. The second kappa shape index (κ2) is 9.08. The fraction of sp³-hybridized carbons (Fsp3) is 0.273. The monoisotopic (exact) mass is 378 g/mol. The van der Waals surface area contributed by atoms with E-state index in [-0.39, 0.29) is 18.0 Å². The van der Waals surface area contributed by atoms with Gasteiger partial charge in [-0.25, -0.2) is 4.79 Å². The smallest absolute Gasteiger partial charge is 0.319 e. The molecule has 0 radical (unpaired) electrons. The Morgan fingerprint density at radius 1 is 1.00 bits per heavy atom. The third-order valence-electron chi connectivity index (χ3n) is 4.37. The Morgan fingerprint density at radius 3 is 2.50 bits per heavy atom. The molecule has 0 fully saturated rings. The Bertz CT molecular complexity index is 945. The van der Waals surface area contributed by atoms with Crippen molar-refractivity contribution >= 4 is 28.5 Å². The van der Waals surface area contributed by atoms with E-state index in [1.54, 1.807) is 24.3 Å². The standard InChI is InChI=1S/C22H26N4O2/c1-16(2)24-22(28)25-19-10-8-18(9-11-19)21(27)23-13-5-14-26-15-12-17-6-3-4-7-20(17)26/h3-4,6-12,15-16H,5,13-14H2,1-2H3,(H,23,27)(H2,24,25,28). The fourth-order valence-corrected chi connectivity index (χ4v) is 3.02. The van der Waals surface area contributed by atoms with Crippen molar-refractivity contribution in [2.24, 2.45) is 0 Å². The summed E-state index contributed by atoms with van der Waals surface area (Å²) in [5.41, 5.74) is 2.42. The van der Waals surface area contributed by atoms with Crippen molar-refractivity contribution in [3.05, 3.63) is 66.4 Å². The van der Waals surface area contributed by atoms with Gasteiger partial charge in [-0.3, -0.25) is 4.79 Å². The highest BCUT2D eigenvalue weighted by atomic mass is 16.2. The number of carbonyl (C=O) groups is 2. The predicted octanol–water partition coefficient (Wildman–Crippen LogP) is 3.99. The first-order chi connectivity index (χ1) is 13.5. The summed E-state index contributed by atoms with van der Waals surface area (Å²) in [6.45, 7) is 5.24. The molecule has 3 aromatic rings. The molecule has 3 amide bonds. The number of aryl methyl sites for hydroxylation is 1. The lowest BCUT2D eigenvalue weighted by molar-refractivity contribution is 0.0953. The van der Waals surface area contributed by atoms with Gasteiger partial charge in [-0.05, 0) is 62.1 Å². The van der Waals surface area contributed by atoms with Gasteiger partial charge in [0, 0.05) is 42.1 Å². The summed E-state index contributed by atoms with van der Waals surface area (Å²) in [7, 11) is 0. The van der Waals surface area contributed by atoms with Crippen LogP contribution >= 0.6 is 0 Å². The minimum Gasteiger partial charge on any atom is -0.352 e. The molecule has 0 saturated carbocycles. The summed E-state index contributed by atoms with van der Waals surface area (Å²) < 4.78 is 2.20.